The van der Waals surface area contributed by atoms with Crippen LogP contribution in [0.25, 0.3) is 0 Å². The Morgan fingerprint density at radius 2 is 1.64 bits per heavy atom. The molecule has 2 saturated heterocycles. The van der Waals surface area contributed by atoms with Gasteiger partial charge in [-0.3, -0.25) is 9.69 Å². The number of hydrogen-bond donors (Lipinski definition) is 0. The van der Waals surface area contributed by atoms with Crippen molar-refractivity contribution in [2.75, 3.05) is 26.8 Å². The molecule has 3 aromatic carbocycles. The van der Waals surface area contributed by atoms with Crippen LogP contribution in [-0.2, 0) is 22.5 Å². The highest BCUT2D eigenvalue weighted by atomic mass is 19.1. The molecule has 0 radical (unpaired) electrons. The Kier molecular flexibility index (Phi) is 6.74. The van der Waals surface area contributed by atoms with Crippen molar-refractivity contribution in [3.63, 3.8) is 0 Å². The van der Waals surface area contributed by atoms with Gasteiger partial charge in [0.25, 0.3) is 5.91 Å². The number of methoxy groups -OCH3 is 1. The number of carbonyl (C=O) groups is 2. The Morgan fingerprint density at radius 3 is 2.28 bits per heavy atom. The molecule has 5 rings (SSSR count). The van der Waals surface area contributed by atoms with Gasteiger partial charge in [0, 0.05) is 25.6 Å². The second-order valence-electron chi connectivity index (χ2n) is 9.44. The van der Waals surface area contributed by atoms with Crippen molar-refractivity contribution in [3.8, 4) is 5.75 Å². The van der Waals surface area contributed by atoms with Crippen LogP contribution >= 0.6 is 0 Å². The molecule has 6 nitrogen and oxygen atoms in total. The quantitative estimate of drug-likeness (QED) is 0.487. The first-order valence-corrected chi connectivity index (χ1v) is 12.1. The lowest BCUT2D eigenvalue weighted by atomic mass is 9.85. The number of ether oxygens (including phenoxy) is 2. The van der Waals surface area contributed by atoms with E-state index < -0.39 is 29.6 Å². The fourth-order valence-electron chi connectivity index (χ4n) is 5.23. The number of hydrogen-bond acceptors (Lipinski definition) is 5. The Hall–Kier alpha value is -3.71. The summed E-state index contributed by atoms with van der Waals surface area (Å²) in [5.41, 5.74) is 0.386. The molecule has 7 heteroatoms. The lowest BCUT2D eigenvalue weighted by molar-refractivity contribution is -0.142. The summed E-state index contributed by atoms with van der Waals surface area (Å²) in [4.78, 5) is 29.5. The van der Waals surface area contributed by atoms with Crippen LogP contribution in [0, 0.1) is 0 Å². The molecule has 0 bridgehead atoms. The van der Waals surface area contributed by atoms with Crippen molar-refractivity contribution in [3.05, 3.63) is 102 Å². The van der Waals surface area contributed by atoms with Crippen molar-refractivity contribution >= 4 is 12.0 Å². The Morgan fingerprint density at radius 1 is 1.00 bits per heavy atom. The molecular weight excluding hydrogens is 459 g/mol. The Bertz CT molecular complexity index is 1200. The van der Waals surface area contributed by atoms with Gasteiger partial charge in [-0.1, -0.05) is 72.8 Å². The summed E-state index contributed by atoms with van der Waals surface area (Å²) in [6, 6.07) is 25.9. The minimum Gasteiger partial charge on any atom is -0.497 e. The molecule has 2 aliphatic heterocycles. The highest BCUT2D eigenvalue weighted by Crippen LogP contribution is 2.42. The summed E-state index contributed by atoms with van der Waals surface area (Å²) in [6.07, 6.45) is -0.372. The van der Waals surface area contributed by atoms with Crippen LogP contribution in [0.2, 0.25) is 0 Å². The fraction of sp³-hybridized carbons (Fsp3) is 0.310. The molecule has 3 aromatic rings. The van der Waals surface area contributed by atoms with Crippen LogP contribution in [0.3, 0.4) is 0 Å². The van der Waals surface area contributed by atoms with Gasteiger partial charge in [0.2, 0.25) is 5.67 Å². The van der Waals surface area contributed by atoms with E-state index in [1.807, 2.05) is 65.6 Å². The third-order valence-electron chi connectivity index (χ3n) is 7.06. The first kappa shape index (κ1) is 24.0. The molecule has 0 saturated carbocycles. The van der Waals surface area contributed by atoms with Crippen molar-refractivity contribution < 1.29 is 23.5 Å². The monoisotopic (exact) mass is 488 g/mol. The lowest BCUT2D eigenvalue weighted by Gasteiger charge is -2.31. The van der Waals surface area contributed by atoms with Gasteiger partial charge in [-0.05, 0) is 35.2 Å². The van der Waals surface area contributed by atoms with Gasteiger partial charge in [0.05, 0.1) is 13.2 Å². The SMILES string of the molecule is COc1ccc(C2CN(Cc3ccccc3)C[C@]2(F)C(=O)N2C(=O)OC[C@H]2Cc2ccccc2)cc1. The predicted octanol–water partition coefficient (Wildman–Crippen LogP) is 4.59. The largest absolute Gasteiger partial charge is 0.497 e. The van der Waals surface area contributed by atoms with Crippen molar-refractivity contribution in [2.24, 2.45) is 0 Å². The molecule has 0 aromatic heterocycles. The topological polar surface area (TPSA) is 59.1 Å². The minimum absolute atomic E-state index is 0.0521. The van der Waals surface area contributed by atoms with Gasteiger partial charge in [-0.2, -0.15) is 0 Å². The van der Waals surface area contributed by atoms with Gasteiger partial charge in [0.15, 0.2) is 0 Å². The average Bonchev–Trinajstić information content (AvgIpc) is 3.44. The number of amides is 2. The highest BCUT2D eigenvalue weighted by Gasteiger charge is 2.58. The molecule has 36 heavy (non-hydrogen) atoms. The van der Waals surface area contributed by atoms with Crippen LogP contribution in [0.15, 0.2) is 84.9 Å². The van der Waals surface area contributed by atoms with Crippen molar-refractivity contribution in [1.29, 1.82) is 0 Å². The molecule has 0 aliphatic carbocycles. The Labute approximate surface area is 210 Å². The number of halogens is 1. The van der Waals surface area contributed by atoms with E-state index in [4.69, 9.17) is 9.47 Å². The van der Waals surface area contributed by atoms with Crippen LogP contribution in [-0.4, -0.2) is 60.3 Å². The molecule has 2 heterocycles. The van der Waals surface area contributed by atoms with E-state index in [9.17, 15) is 9.59 Å². The molecule has 186 valence electrons. The Balaban J connectivity index is 1.45. The van der Waals surface area contributed by atoms with Gasteiger partial charge in [0.1, 0.15) is 12.4 Å². The number of imide groups is 1. The maximum Gasteiger partial charge on any atom is 0.417 e. The molecule has 2 fully saturated rings. The van der Waals surface area contributed by atoms with E-state index >= 15 is 4.39 Å². The molecule has 1 unspecified atom stereocenters. The van der Waals surface area contributed by atoms with Gasteiger partial charge < -0.3 is 9.47 Å². The zero-order valence-electron chi connectivity index (χ0n) is 20.2. The molecule has 3 atom stereocenters. The summed E-state index contributed by atoms with van der Waals surface area (Å²) in [6.45, 7) is 0.787. The van der Waals surface area contributed by atoms with E-state index in [-0.39, 0.29) is 13.2 Å². The van der Waals surface area contributed by atoms with Crippen LogP contribution in [0.4, 0.5) is 9.18 Å². The fourth-order valence-corrected chi connectivity index (χ4v) is 5.23. The summed E-state index contributed by atoms with van der Waals surface area (Å²) in [5.74, 6) is -0.924. The third-order valence-corrected chi connectivity index (χ3v) is 7.06. The molecule has 2 aliphatic rings. The van der Waals surface area contributed by atoms with Gasteiger partial charge in [-0.25, -0.2) is 14.1 Å². The van der Waals surface area contributed by atoms with Crippen LogP contribution in [0.5, 0.6) is 5.75 Å². The zero-order valence-corrected chi connectivity index (χ0v) is 20.2. The standard InChI is InChI=1S/C29H29FN2O4/c1-35-25-14-12-23(13-15-25)26-18-31(17-22-10-6-3-7-11-22)20-29(26,30)27(33)32-24(19-36-28(32)34)16-21-8-4-2-5-9-21/h2-15,24,26H,16-20H2,1H3/t24-,26?,29-/m1/s1. The molecular formula is C29H29FN2O4. The number of alkyl halides is 1. The zero-order chi connectivity index (χ0) is 25.1. The molecule has 2 amide bonds. The maximum atomic E-state index is 17.1. The molecule has 0 spiro atoms. The maximum absolute atomic E-state index is 17.1. The number of likely N-dealkylation sites (tertiary alicyclic amines) is 1. The smallest absolute Gasteiger partial charge is 0.417 e. The number of rotatable bonds is 7. The highest BCUT2D eigenvalue weighted by molar-refractivity contribution is 5.99. The van der Waals surface area contributed by atoms with E-state index in [0.717, 1.165) is 16.0 Å². The van der Waals surface area contributed by atoms with Crippen LogP contribution in [0.1, 0.15) is 22.6 Å². The molecule has 0 N–H and O–H groups in total. The summed E-state index contributed by atoms with van der Waals surface area (Å²) in [5, 5.41) is 0. The van der Waals surface area contributed by atoms with Gasteiger partial charge >= 0.3 is 6.09 Å². The first-order valence-electron chi connectivity index (χ1n) is 12.1. The second kappa shape index (κ2) is 10.1. The normalized spacial score (nSPS) is 24.1. The summed E-state index contributed by atoms with van der Waals surface area (Å²) >= 11 is 0. The number of cyclic esters (lactones) is 1. The predicted molar refractivity (Wildman–Crippen MR) is 133 cm³/mol. The number of benzene rings is 3. The first-order chi connectivity index (χ1) is 17.5. The second-order valence-corrected chi connectivity index (χ2v) is 9.44. The number of nitrogens with zero attached hydrogens (tertiary/aromatic N) is 2. The van der Waals surface area contributed by atoms with E-state index in [1.165, 1.54) is 0 Å². The van der Waals surface area contributed by atoms with E-state index in [1.54, 1.807) is 31.4 Å². The van der Waals surface area contributed by atoms with E-state index in [0.29, 0.717) is 30.8 Å². The van der Waals surface area contributed by atoms with Crippen molar-refractivity contribution in [1.82, 2.24) is 9.80 Å². The van der Waals surface area contributed by atoms with Gasteiger partial charge in [-0.15, -0.1) is 0 Å². The van der Waals surface area contributed by atoms with Crippen molar-refractivity contribution in [2.45, 2.75) is 30.6 Å². The lowest BCUT2D eigenvalue weighted by Crippen LogP contribution is -2.53. The number of carbonyl (C=O) groups excluding carboxylic acids is 2. The third kappa shape index (κ3) is 4.71. The average molecular weight is 489 g/mol. The van der Waals surface area contributed by atoms with Crippen LogP contribution < -0.4 is 4.74 Å². The summed E-state index contributed by atoms with van der Waals surface area (Å²) < 4.78 is 27.6. The minimum atomic E-state index is -2.29. The summed E-state index contributed by atoms with van der Waals surface area (Å²) in [7, 11) is 1.57. The van der Waals surface area contributed by atoms with E-state index in [2.05, 4.69) is 0 Å².